The number of hydrogen-bond donors (Lipinski definition) is 1. The smallest absolute Gasteiger partial charge is 0.223 e. The van der Waals surface area contributed by atoms with Crippen LogP contribution in [0.5, 0.6) is 0 Å². The normalized spacial score (nSPS) is 28.2. The van der Waals surface area contributed by atoms with Gasteiger partial charge in [-0.2, -0.15) is 0 Å². The molecule has 0 bridgehead atoms. The quantitative estimate of drug-likeness (QED) is 0.754. The highest BCUT2D eigenvalue weighted by Gasteiger charge is 2.25. The second-order valence-electron chi connectivity index (χ2n) is 6.56. The fourth-order valence-corrected chi connectivity index (χ4v) is 3.43. The predicted octanol–water partition coefficient (Wildman–Crippen LogP) is 0.557. The van der Waals surface area contributed by atoms with E-state index >= 15 is 0 Å². The first-order chi connectivity index (χ1) is 10.6. The van der Waals surface area contributed by atoms with Gasteiger partial charge in [-0.25, -0.2) is 0 Å². The van der Waals surface area contributed by atoms with Crippen LogP contribution in [-0.2, 0) is 9.53 Å². The second kappa shape index (κ2) is 8.52. The van der Waals surface area contributed by atoms with Gasteiger partial charge in [0, 0.05) is 32.1 Å². The van der Waals surface area contributed by atoms with Crippen LogP contribution in [0.1, 0.15) is 26.7 Å². The lowest BCUT2D eigenvalue weighted by Crippen LogP contribution is -2.48. The molecule has 5 nitrogen and oxygen atoms in total. The van der Waals surface area contributed by atoms with Gasteiger partial charge in [0.15, 0.2) is 0 Å². The van der Waals surface area contributed by atoms with Crippen LogP contribution in [0.4, 0.5) is 0 Å². The summed E-state index contributed by atoms with van der Waals surface area (Å²) in [5, 5.41) is 3.10. The van der Waals surface area contributed by atoms with E-state index in [0.717, 1.165) is 52.1 Å². The molecule has 2 saturated heterocycles. The molecular formula is C17H29N3O2. The van der Waals surface area contributed by atoms with Crippen molar-refractivity contribution < 1.29 is 9.53 Å². The number of rotatable bonds is 5. The van der Waals surface area contributed by atoms with Crippen molar-refractivity contribution >= 4 is 5.91 Å². The Hall–Kier alpha value is -1.09. The van der Waals surface area contributed by atoms with E-state index < -0.39 is 0 Å². The summed E-state index contributed by atoms with van der Waals surface area (Å²) in [6, 6.07) is 0. The van der Waals surface area contributed by atoms with E-state index in [2.05, 4.69) is 34.9 Å². The minimum absolute atomic E-state index is 0.150. The average Bonchev–Trinajstić information content (AvgIpc) is 2.47. The van der Waals surface area contributed by atoms with Crippen LogP contribution in [0.3, 0.4) is 0 Å². The molecule has 2 rings (SSSR count). The van der Waals surface area contributed by atoms with E-state index in [4.69, 9.17) is 11.2 Å². The zero-order valence-electron chi connectivity index (χ0n) is 13.9. The molecule has 2 atom stereocenters. The van der Waals surface area contributed by atoms with Gasteiger partial charge in [-0.3, -0.25) is 14.6 Å². The molecule has 0 unspecified atom stereocenters. The minimum Gasteiger partial charge on any atom is -0.373 e. The summed E-state index contributed by atoms with van der Waals surface area (Å²) in [5.74, 6) is 3.02. The van der Waals surface area contributed by atoms with E-state index in [-0.39, 0.29) is 24.0 Å². The Bertz CT molecular complexity index is 389. The third-order valence-corrected chi connectivity index (χ3v) is 4.50. The number of morpholine rings is 1. The van der Waals surface area contributed by atoms with Crippen molar-refractivity contribution in [3.8, 4) is 12.3 Å². The fraction of sp³-hybridized carbons (Fsp3) is 0.824. The van der Waals surface area contributed by atoms with Crippen LogP contribution in [0.25, 0.3) is 0 Å². The van der Waals surface area contributed by atoms with Crippen LogP contribution in [0, 0.1) is 18.3 Å². The molecule has 124 valence electrons. The van der Waals surface area contributed by atoms with Gasteiger partial charge in [0.25, 0.3) is 0 Å². The van der Waals surface area contributed by atoms with E-state index in [0.29, 0.717) is 6.54 Å². The highest BCUT2D eigenvalue weighted by Crippen LogP contribution is 2.17. The fourth-order valence-electron chi connectivity index (χ4n) is 3.43. The lowest BCUT2D eigenvalue weighted by Gasteiger charge is -2.35. The van der Waals surface area contributed by atoms with E-state index in [1.165, 1.54) is 0 Å². The monoisotopic (exact) mass is 307 g/mol. The van der Waals surface area contributed by atoms with Gasteiger partial charge in [-0.15, -0.1) is 6.42 Å². The van der Waals surface area contributed by atoms with Crippen molar-refractivity contribution in [1.82, 2.24) is 15.1 Å². The number of nitrogens with zero attached hydrogens (tertiary/aromatic N) is 2. The molecule has 1 N–H and O–H groups in total. The summed E-state index contributed by atoms with van der Waals surface area (Å²) in [7, 11) is 0. The Morgan fingerprint density at radius 1 is 1.23 bits per heavy atom. The Morgan fingerprint density at radius 2 is 1.86 bits per heavy atom. The lowest BCUT2D eigenvalue weighted by molar-refractivity contribution is -0.126. The molecule has 0 aromatic rings. The summed E-state index contributed by atoms with van der Waals surface area (Å²) < 4.78 is 5.72. The maximum Gasteiger partial charge on any atom is 0.223 e. The van der Waals surface area contributed by atoms with Crippen molar-refractivity contribution in [3.63, 3.8) is 0 Å². The molecule has 2 aliphatic rings. The Balaban J connectivity index is 1.63. The first kappa shape index (κ1) is 17.3. The lowest BCUT2D eigenvalue weighted by atomic mass is 9.96. The Labute approximate surface area is 134 Å². The molecule has 2 heterocycles. The summed E-state index contributed by atoms with van der Waals surface area (Å²) in [5.41, 5.74) is 0. The van der Waals surface area contributed by atoms with Crippen LogP contribution < -0.4 is 5.32 Å². The molecule has 0 aromatic heterocycles. The molecule has 0 spiro atoms. The molecule has 0 saturated carbocycles. The van der Waals surface area contributed by atoms with Gasteiger partial charge >= 0.3 is 0 Å². The molecule has 2 fully saturated rings. The van der Waals surface area contributed by atoms with Crippen molar-refractivity contribution in [1.29, 1.82) is 0 Å². The zero-order valence-corrected chi connectivity index (χ0v) is 13.9. The number of amides is 1. The second-order valence-corrected chi connectivity index (χ2v) is 6.56. The van der Waals surface area contributed by atoms with Crippen LogP contribution in [0.15, 0.2) is 0 Å². The standard InChI is InChI=1S/C17H29N3O2/c1-4-8-19-9-5-16(6-10-19)17(21)18-7-11-20-12-14(2)22-15(3)13-20/h1,14-16H,5-13H2,2-3H3,(H,18,21)/t14-,15+. The third-order valence-electron chi connectivity index (χ3n) is 4.50. The Kier molecular flexibility index (Phi) is 6.69. The first-order valence-corrected chi connectivity index (χ1v) is 8.40. The van der Waals surface area contributed by atoms with Gasteiger partial charge < -0.3 is 10.1 Å². The van der Waals surface area contributed by atoms with Crippen molar-refractivity contribution in [3.05, 3.63) is 0 Å². The molecular weight excluding hydrogens is 278 g/mol. The number of carbonyl (C=O) groups excluding carboxylic acids is 1. The van der Waals surface area contributed by atoms with Gasteiger partial charge in [-0.05, 0) is 39.8 Å². The van der Waals surface area contributed by atoms with Crippen LogP contribution in [0.2, 0.25) is 0 Å². The SMILES string of the molecule is C#CCN1CCC(C(=O)NCCN2C[C@@H](C)O[C@@H](C)C2)CC1. The summed E-state index contributed by atoms with van der Waals surface area (Å²) in [6.45, 7) is 10.3. The number of hydrogen-bond acceptors (Lipinski definition) is 4. The zero-order chi connectivity index (χ0) is 15.9. The molecule has 1 amide bonds. The van der Waals surface area contributed by atoms with Gasteiger partial charge in [0.05, 0.1) is 18.8 Å². The first-order valence-electron chi connectivity index (χ1n) is 8.40. The topological polar surface area (TPSA) is 44.8 Å². The van der Waals surface area contributed by atoms with Crippen molar-refractivity contribution in [2.24, 2.45) is 5.92 Å². The highest BCUT2D eigenvalue weighted by molar-refractivity contribution is 5.78. The maximum absolute atomic E-state index is 12.2. The summed E-state index contributed by atoms with van der Waals surface area (Å²) in [6.07, 6.45) is 7.71. The minimum atomic E-state index is 0.150. The molecule has 5 heteroatoms. The van der Waals surface area contributed by atoms with Crippen molar-refractivity contribution in [2.45, 2.75) is 38.9 Å². The molecule has 0 aromatic carbocycles. The Morgan fingerprint density at radius 3 is 2.45 bits per heavy atom. The highest BCUT2D eigenvalue weighted by atomic mass is 16.5. The number of ether oxygens (including phenoxy) is 1. The third kappa shape index (κ3) is 5.28. The molecule has 22 heavy (non-hydrogen) atoms. The van der Waals surface area contributed by atoms with Crippen LogP contribution >= 0.6 is 0 Å². The van der Waals surface area contributed by atoms with Crippen LogP contribution in [-0.4, -0.2) is 73.7 Å². The largest absolute Gasteiger partial charge is 0.373 e. The number of carbonyl (C=O) groups is 1. The number of terminal acetylenes is 1. The van der Waals surface area contributed by atoms with Gasteiger partial charge in [-0.1, -0.05) is 5.92 Å². The van der Waals surface area contributed by atoms with Gasteiger partial charge in [0.1, 0.15) is 0 Å². The average molecular weight is 307 g/mol. The predicted molar refractivity (Wildman–Crippen MR) is 87.5 cm³/mol. The number of piperidine rings is 1. The molecule has 0 radical (unpaired) electrons. The maximum atomic E-state index is 12.2. The molecule has 2 aliphatic heterocycles. The number of nitrogens with one attached hydrogen (secondary N) is 1. The van der Waals surface area contributed by atoms with E-state index in [1.54, 1.807) is 0 Å². The van der Waals surface area contributed by atoms with E-state index in [1.807, 2.05) is 0 Å². The van der Waals surface area contributed by atoms with Gasteiger partial charge in [0.2, 0.25) is 5.91 Å². The summed E-state index contributed by atoms with van der Waals surface area (Å²) >= 11 is 0. The number of likely N-dealkylation sites (tertiary alicyclic amines) is 1. The molecule has 0 aliphatic carbocycles. The van der Waals surface area contributed by atoms with E-state index in [9.17, 15) is 4.79 Å². The summed E-state index contributed by atoms with van der Waals surface area (Å²) in [4.78, 5) is 16.8. The van der Waals surface area contributed by atoms with Crippen molar-refractivity contribution in [2.75, 3.05) is 45.8 Å².